The lowest BCUT2D eigenvalue weighted by Crippen LogP contribution is -2.43. The van der Waals surface area contributed by atoms with Crippen LogP contribution in [-0.4, -0.2) is 48.4 Å². The normalized spacial score (nSPS) is 17.2. The molecule has 160 valence electrons. The molecular formula is C23H28FN3O3. The highest BCUT2D eigenvalue weighted by atomic mass is 19.1. The fourth-order valence-electron chi connectivity index (χ4n) is 4.07. The van der Waals surface area contributed by atoms with E-state index in [1.54, 1.807) is 18.0 Å². The molecule has 0 bridgehead atoms. The van der Waals surface area contributed by atoms with Crippen LogP contribution in [0, 0.1) is 5.82 Å². The average molecular weight is 413 g/mol. The smallest absolute Gasteiger partial charge is 0.239 e. The third-order valence-electron chi connectivity index (χ3n) is 5.41. The van der Waals surface area contributed by atoms with Gasteiger partial charge in [0, 0.05) is 6.54 Å². The van der Waals surface area contributed by atoms with Gasteiger partial charge in [-0.25, -0.2) is 4.39 Å². The summed E-state index contributed by atoms with van der Waals surface area (Å²) in [6.07, 6.45) is 1.79. The topological polar surface area (TPSA) is 75.9 Å². The highest BCUT2D eigenvalue weighted by Gasteiger charge is 2.32. The summed E-state index contributed by atoms with van der Waals surface area (Å²) in [5.41, 5.74) is 7.06. The van der Waals surface area contributed by atoms with Crippen molar-refractivity contribution < 1.29 is 18.7 Å². The van der Waals surface area contributed by atoms with Crippen LogP contribution in [-0.2, 0) is 9.59 Å². The van der Waals surface area contributed by atoms with E-state index in [-0.39, 0.29) is 18.5 Å². The number of likely N-dealkylation sites (tertiary alicyclic amines) is 1. The number of carbonyl (C=O) groups excluding carboxylic acids is 2. The quantitative estimate of drug-likeness (QED) is 0.722. The van der Waals surface area contributed by atoms with Crippen LogP contribution in [0.1, 0.15) is 43.0 Å². The summed E-state index contributed by atoms with van der Waals surface area (Å²) in [5.74, 6) is -0.359. The number of amides is 2. The maximum atomic E-state index is 13.6. The highest BCUT2D eigenvalue weighted by Crippen LogP contribution is 2.33. The van der Waals surface area contributed by atoms with Gasteiger partial charge in [0.15, 0.2) is 0 Å². The van der Waals surface area contributed by atoms with E-state index in [0.29, 0.717) is 18.7 Å². The second-order valence-corrected chi connectivity index (χ2v) is 7.52. The molecule has 2 unspecified atom stereocenters. The number of rotatable bonds is 8. The van der Waals surface area contributed by atoms with Gasteiger partial charge >= 0.3 is 0 Å². The highest BCUT2D eigenvalue weighted by molar-refractivity contribution is 5.83. The summed E-state index contributed by atoms with van der Waals surface area (Å²) in [6, 6.07) is 12.7. The number of likely N-dealkylation sites (N-methyl/N-ethyl adjacent to an activating group) is 1. The van der Waals surface area contributed by atoms with Crippen LogP contribution in [0.25, 0.3) is 0 Å². The summed E-state index contributed by atoms with van der Waals surface area (Å²) >= 11 is 0. The fourth-order valence-corrected chi connectivity index (χ4v) is 4.07. The van der Waals surface area contributed by atoms with E-state index in [0.717, 1.165) is 24.2 Å². The molecule has 2 amide bonds. The molecule has 2 aromatic rings. The molecule has 1 saturated heterocycles. The minimum Gasteiger partial charge on any atom is -0.494 e. The van der Waals surface area contributed by atoms with Crippen molar-refractivity contribution in [1.29, 1.82) is 0 Å². The van der Waals surface area contributed by atoms with Gasteiger partial charge in [0.05, 0.1) is 19.2 Å². The standard InChI is InChI=1S/C23H28FN3O3/c1-3-30-19-11-9-16(10-12-19)20-8-5-13-27(20)21(28)15-26(2)22(23(25)29)17-6-4-7-18(24)14-17/h4,6-7,9-12,14,20,22H,3,5,8,13,15H2,1-2H3,(H2,25,29). The SMILES string of the molecule is CCOc1ccc(C2CCCN2C(=O)CN(C)C(C(N)=O)c2cccc(F)c2)cc1. The van der Waals surface area contributed by atoms with Crippen LogP contribution in [0.4, 0.5) is 4.39 Å². The maximum Gasteiger partial charge on any atom is 0.239 e. The number of hydrogen-bond donors (Lipinski definition) is 1. The predicted molar refractivity (Wildman–Crippen MR) is 112 cm³/mol. The number of benzene rings is 2. The van der Waals surface area contributed by atoms with Crippen molar-refractivity contribution in [3.8, 4) is 5.75 Å². The summed E-state index contributed by atoms with van der Waals surface area (Å²) in [4.78, 5) is 28.5. The zero-order valence-corrected chi connectivity index (χ0v) is 17.4. The van der Waals surface area contributed by atoms with Crippen molar-refractivity contribution in [2.45, 2.75) is 31.8 Å². The fraction of sp³-hybridized carbons (Fsp3) is 0.391. The lowest BCUT2D eigenvalue weighted by atomic mass is 10.0. The van der Waals surface area contributed by atoms with E-state index in [4.69, 9.17) is 10.5 Å². The lowest BCUT2D eigenvalue weighted by molar-refractivity contribution is -0.134. The molecule has 0 aliphatic carbocycles. The van der Waals surface area contributed by atoms with Crippen LogP contribution in [0.15, 0.2) is 48.5 Å². The molecule has 0 saturated carbocycles. The molecule has 0 aromatic heterocycles. The van der Waals surface area contributed by atoms with Gasteiger partial charge in [-0.05, 0) is 62.2 Å². The number of nitrogens with zero attached hydrogens (tertiary/aromatic N) is 2. The molecule has 2 N–H and O–H groups in total. The summed E-state index contributed by atoms with van der Waals surface area (Å²) in [5, 5.41) is 0. The second kappa shape index (κ2) is 9.71. The van der Waals surface area contributed by atoms with Crippen LogP contribution < -0.4 is 10.5 Å². The molecular weight excluding hydrogens is 385 g/mol. The monoisotopic (exact) mass is 413 g/mol. The van der Waals surface area contributed by atoms with Gasteiger partial charge in [-0.15, -0.1) is 0 Å². The van der Waals surface area contributed by atoms with Gasteiger partial charge in [0.1, 0.15) is 17.6 Å². The zero-order chi connectivity index (χ0) is 21.7. The minimum atomic E-state index is -0.879. The third-order valence-corrected chi connectivity index (χ3v) is 5.41. The Morgan fingerprint density at radius 2 is 2.00 bits per heavy atom. The van der Waals surface area contributed by atoms with Crippen molar-refractivity contribution in [1.82, 2.24) is 9.80 Å². The first-order valence-corrected chi connectivity index (χ1v) is 10.2. The molecule has 0 spiro atoms. The number of halogens is 1. The van der Waals surface area contributed by atoms with Crippen LogP contribution in [0.3, 0.4) is 0 Å². The number of primary amides is 1. The van der Waals surface area contributed by atoms with E-state index in [1.807, 2.05) is 36.1 Å². The van der Waals surface area contributed by atoms with Gasteiger partial charge in [-0.1, -0.05) is 24.3 Å². The second-order valence-electron chi connectivity index (χ2n) is 7.52. The number of carbonyl (C=O) groups is 2. The van der Waals surface area contributed by atoms with Gasteiger partial charge in [0.2, 0.25) is 11.8 Å². The summed E-state index contributed by atoms with van der Waals surface area (Å²) in [6.45, 7) is 3.21. The Morgan fingerprint density at radius 1 is 1.27 bits per heavy atom. The number of ether oxygens (including phenoxy) is 1. The van der Waals surface area contributed by atoms with E-state index < -0.39 is 17.8 Å². The Balaban J connectivity index is 1.72. The van der Waals surface area contributed by atoms with Crippen molar-refractivity contribution in [3.05, 3.63) is 65.5 Å². The molecule has 1 aliphatic rings. The first kappa shape index (κ1) is 21.8. The van der Waals surface area contributed by atoms with Crippen LogP contribution >= 0.6 is 0 Å². The van der Waals surface area contributed by atoms with Crippen molar-refractivity contribution in [2.24, 2.45) is 5.73 Å². The lowest BCUT2D eigenvalue weighted by Gasteiger charge is -2.30. The first-order chi connectivity index (χ1) is 14.4. The molecule has 2 aromatic carbocycles. The molecule has 1 heterocycles. The summed E-state index contributed by atoms with van der Waals surface area (Å²) in [7, 11) is 1.65. The molecule has 6 nitrogen and oxygen atoms in total. The predicted octanol–water partition coefficient (Wildman–Crippen LogP) is 3.05. The van der Waals surface area contributed by atoms with Crippen molar-refractivity contribution in [3.63, 3.8) is 0 Å². The Kier molecular flexibility index (Phi) is 7.05. The Labute approximate surface area is 176 Å². The van der Waals surface area contributed by atoms with Crippen molar-refractivity contribution in [2.75, 3.05) is 26.7 Å². The first-order valence-electron chi connectivity index (χ1n) is 10.2. The molecule has 3 rings (SSSR count). The van der Waals surface area contributed by atoms with E-state index >= 15 is 0 Å². The molecule has 7 heteroatoms. The van der Waals surface area contributed by atoms with E-state index in [9.17, 15) is 14.0 Å². The van der Waals surface area contributed by atoms with Crippen LogP contribution in [0.5, 0.6) is 5.75 Å². The largest absolute Gasteiger partial charge is 0.494 e. The number of hydrogen-bond acceptors (Lipinski definition) is 4. The van der Waals surface area contributed by atoms with Gasteiger partial charge < -0.3 is 15.4 Å². The molecule has 30 heavy (non-hydrogen) atoms. The maximum absolute atomic E-state index is 13.6. The zero-order valence-electron chi connectivity index (χ0n) is 17.4. The van der Waals surface area contributed by atoms with E-state index in [2.05, 4.69) is 0 Å². The number of nitrogens with two attached hydrogens (primary N) is 1. The van der Waals surface area contributed by atoms with Gasteiger partial charge in [-0.2, -0.15) is 0 Å². The molecule has 1 fully saturated rings. The Hall–Kier alpha value is -2.93. The van der Waals surface area contributed by atoms with Crippen LogP contribution in [0.2, 0.25) is 0 Å². The Morgan fingerprint density at radius 3 is 2.63 bits per heavy atom. The van der Waals surface area contributed by atoms with Gasteiger partial charge in [-0.3, -0.25) is 14.5 Å². The van der Waals surface area contributed by atoms with Gasteiger partial charge in [0.25, 0.3) is 0 Å². The molecule has 1 aliphatic heterocycles. The molecule has 0 radical (unpaired) electrons. The summed E-state index contributed by atoms with van der Waals surface area (Å²) < 4.78 is 19.1. The molecule has 2 atom stereocenters. The Bertz CT molecular complexity index is 888. The average Bonchev–Trinajstić information content (AvgIpc) is 3.19. The van der Waals surface area contributed by atoms with Crippen molar-refractivity contribution >= 4 is 11.8 Å². The minimum absolute atomic E-state index is 0.0113. The third kappa shape index (κ3) is 4.97. The van der Waals surface area contributed by atoms with E-state index in [1.165, 1.54) is 18.2 Å².